The van der Waals surface area contributed by atoms with Gasteiger partial charge in [-0.2, -0.15) is 8.42 Å². The van der Waals surface area contributed by atoms with Crippen LogP contribution in [0, 0.1) is 22.7 Å². The normalized spacial score (nSPS) is 21.8. The van der Waals surface area contributed by atoms with Crippen LogP contribution in [0.15, 0.2) is 47.6 Å². The monoisotopic (exact) mass is 647 g/mol. The standard InChI is InChI=1S/C34H45N7O4S/c1-4-25-24(10-11-28(37-25)41-19-12-29(39-41)45-20-13-26-33(14-15-33)34(26)16-17-34)31(42)40-46(43,44)30-9-5-8-27(38-30)35-18-6-7-23-21-32(2,3)36-22-23/h5,8-12,19,23,26,36H,4,6-7,13-18,20-22H2,1-3H3,(H,35,38)(H,40,42)/t23-/m0/s1. The average Bonchev–Trinajstić information content (AvgIpc) is 3.99. The van der Waals surface area contributed by atoms with Crippen LogP contribution in [0.3, 0.4) is 0 Å². The van der Waals surface area contributed by atoms with E-state index in [0.29, 0.717) is 59.5 Å². The van der Waals surface area contributed by atoms with Gasteiger partial charge in [-0.25, -0.2) is 19.4 Å². The maximum absolute atomic E-state index is 13.2. The molecular formula is C34H45N7O4S. The highest BCUT2D eigenvalue weighted by Gasteiger charge is 2.85. The van der Waals surface area contributed by atoms with Crippen LogP contribution in [0.5, 0.6) is 5.88 Å². The Labute approximate surface area is 271 Å². The predicted octanol–water partition coefficient (Wildman–Crippen LogP) is 4.88. The van der Waals surface area contributed by atoms with E-state index in [2.05, 4.69) is 44.3 Å². The van der Waals surface area contributed by atoms with Crippen LogP contribution >= 0.6 is 0 Å². The number of amides is 1. The summed E-state index contributed by atoms with van der Waals surface area (Å²) in [6, 6.07) is 9.78. The number of hydrogen-bond donors (Lipinski definition) is 3. The van der Waals surface area contributed by atoms with Gasteiger partial charge in [-0.1, -0.05) is 13.0 Å². The molecule has 4 aliphatic rings. The molecule has 1 saturated heterocycles. The number of aromatic nitrogens is 4. The first-order chi connectivity index (χ1) is 22.0. The van der Waals surface area contributed by atoms with Gasteiger partial charge in [-0.05, 0) is 125 Å². The quantitative estimate of drug-likeness (QED) is 0.209. The van der Waals surface area contributed by atoms with Gasteiger partial charge in [0.05, 0.1) is 17.9 Å². The molecule has 3 aromatic rings. The first-order valence-corrected chi connectivity index (χ1v) is 18.2. The van der Waals surface area contributed by atoms with E-state index in [1.165, 1.54) is 31.7 Å². The Balaban J connectivity index is 0.930. The molecule has 3 N–H and O–H groups in total. The highest BCUT2D eigenvalue weighted by Crippen LogP contribution is 2.93. The number of hydrogen-bond acceptors (Lipinski definition) is 9. The summed E-state index contributed by atoms with van der Waals surface area (Å²) < 4.78 is 36.1. The van der Waals surface area contributed by atoms with E-state index in [9.17, 15) is 13.2 Å². The lowest BCUT2D eigenvalue weighted by atomic mass is 9.94. The number of carbonyl (C=O) groups excluding carboxylic acids is 1. The fourth-order valence-corrected chi connectivity index (χ4v) is 9.17. The van der Waals surface area contributed by atoms with Gasteiger partial charge < -0.3 is 15.4 Å². The molecule has 0 aromatic carbocycles. The Morgan fingerprint density at radius 2 is 1.85 bits per heavy atom. The molecule has 246 valence electrons. The zero-order chi connectivity index (χ0) is 32.2. The number of ether oxygens (including phenoxy) is 1. The zero-order valence-corrected chi connectivity index (χ0v) is 27.8. The van der Waals surface area contributed by atoms with Crippen LogP contribution in [0.25, 0.3) is 5.82 Å². The van der Waals surface area contributed by atoms with Crippen molar-refractivity contribution in [2.45, 2.75) is 89.1 Å². The third kappa shape index (κ3) is 6.01. The highest BCUT2D eigenvalue weighted by molar-refractivity contribution is 7.90. The minimum absolute atomic E-state index is 0.185. The summed E-state index contributed by atoms with van der Waals surface area (Å²) >= 11 is 0. The van der Waals surface area contributed by atoms with Gasteiger partial charge in [0.2, 0.25) is 5.88 Å². The lowest BCUT2D eigenvalue weighted by molar-refractivity contribution is 0.0980. The summed E-state index contributed by atoms with van der Waals surface area (Å²) in [5, 5.41) is 11.1. The molecule has 1 aliphatic heterocycles. The number of nitrogens with one attached hydrogen (secondary N) is 3. The second-order valence-corrected chi connectivity index (χ2v) is 15.9. The Morgan fingerprint density at radius 1 is 1.07 bits per heavy atom. The number of anilines is 1. The largest absolute Gasteiger partial charge is 0.477 e. The molecule has 0 radical (unpaired) electrons. The van der Waals surface area contributed by atoms with E-state index < -0.39 is 15.9 Å². The van der Waals surface area contributed by atoms with Crippen molar-refractivity contribution in [2.75, 3.05) is 25.0 Å². The SMILES string of the molecule is CCc1nc(-n2ccc(OCCC3C4(CC4)C34CC4)n2)ccc1C(=O)NS(=O)(=O)c1cccc(NCCC[C@@H]2CNC(C)(C)C2)n1. The van der Waals surface area contributed by atoms with Crippen LogP contribution in [-0.2, 0) is 16.4 Å². The third-order valence-corrected chi connectivity index (χ3v) is 12.0. The molecule has 0 bridgehead atoms. The van der Waals surface area contributed by atoms with Crippen LogP contribution in [0.1, 0.15) is 88.2 Å². The fourth-order valence-electron chi connectivity index (χ4n) is 8.23. The Bertz CT molecular complexity index is 1710. The number of fused-ring (bicyclic) bond motifs is 1. The smallest absolute Gasteiger partial charge is 0.281 e. The lowest BCUT2D eigenvalue weighted by Crippen LogP contribution is -2.32. The molecule has 3 aromatic heterocycles. The number of carbonyl (C=O) groups is 1. The fraction of sp³-hybridized carbons (Fsp3) is 0.588. The molecule has 4 heterocycles. The van der Waals surface area contributed by atoms with Crippen molar-refractivity contribution in [3.05, 3.63) is 53.9 Å². The highest BCUT2D eigenvalue weighted by atomic mass is 32.2. The predicted molar refractivity (Wildman–Crippen MR) is 174 cm³/mol. The van der Waals surface area contributed by atoms with E-state index in [1.54, 1.807) is 35.1 Å². The van der Waals surface area contributed by atoms with Crippen molar-refractivity contribution < 1.29 is 17.9 Å². The zero-order valence-electron chi connectivity index (χ0n) is 27.0. The van der Waals surface area contributed by atoms with Gasteiger partial charge in [-0.3, -0.25) is 4.79 Å². The van der Waals surface area contributed by atoms with E-state index in [-0.39, 0.29) is 16.1 Å². The van der Waals surface area contributed by atoms with Crippen molar-refractivity contribution >= 4 is 21.7 Å². The molecule has 12 heteroatoms. The van der Waals surface area contributed by atoms with Gasteiger partial charge in [0.15, 0.2) is 10.8 Å². The van der Waals surface area contributed by atoms with Gasteiger partial charge >= 0.3 is 0 Å². The van der Waals surface area contributed by atoms with E-state index in [1.807, 2.05) is 13.0 Å². The topological polar surface area (TPSA) is 140 Å². The van der Waals surface area contributed by atoms with Crippen molar-refractivity contribution in [2.24, 2.45) is 22.7 Å². The van der Waals surface area contributed by atoms with Gasteiger partial charge in [0, 0.05) is 24.3 Å². The number of sulfonamides is 1. The molecule has 1 atom stereocenters. The number of rotatable bonds is 14. The lowest BCUT2D eigenvalue weighted by Gasteiger charge is -2.17. The van der Waals surface area contributed by atoms with Gasteiger partial charge in [0.1, 0.15) is 5.82 Å². The van der Waals surface area contributed by atoms with Crippen molar-refractivity contribution in [1.29, 1.82) is 0 Å². The first-order valence-electron chi connectivity index (χ1n) is 16.8. The van der Waals surface area contributed by atoms with Gasteiger partial charge in [0.25, 0.3) is 15.9 Å². The molecule has 1 amide bonds. The van der Waals surface area contributed by atoms with Crippen LogP contribution in [0.2, 0.25) is 0 Å². The molecule has 0 unspecified atom stereocenters. The average molecular weight is 648 g/mol. The Kier molecular flexibility index (Phi) is 7.86. The van der Waals surface area contributed by atoms with Gasteiger partial charge in [-0.15, -0.1) is 5.10 Å². The Morgan fingerprint density at radius 3 is 2.54 bits per heavy atom. The summed E-state index contributed by atoms with van der Waals surface area (Å²) in [5.74, 6) is 2.24. The van der Waals surface area contributed by atoms with Crippen molar-refractivity contribution in [1.82, 2.24) is 29.8 Å². The minimum Gasteiger partial charge on any atom is -0.477 e. The summed E-state index contributed by atoms with van der Waals surface area (Å²) in [4.78, 5) is 22.1. The van der Waals surface area contributed by atoms with Crippen LogP contribution in [0.4, 0.5) is 5.82 Å². The molecular weight excluding hydrogens is 602 g/mol. The summed E-state index contributed by atoms with van der Waals surface area (Å²) in [6.45, 7) is 8.69. The number of nitrogens with zero attached hydrogens (tertiary/aromatic N) is 4. The molecule has 46 heavy (non-hydrogen) atoms. The second-order valence-electron chi connectivity index (χ2n) is 14.3. The molecule has 3 saturated carbocycles. The summed E-state index contributed by atoms with van der Waals surface area (Å²) in [5.41, 5.74) is 2.18. The van der Waals surface area contributed by atoms with Crippen molar-refractivity contribution in [3.63, 3.8) is 0 Å². The maximum Gasteiger partial charge on any atom is 0.281 e. The molecule has 4 fully saturated rings. The minimum atomic E-state index is -4.21. The van der Waals surface area contributed by atoms with Crippen LogP contribution < -0.4 is 20.1 Å². The van der Waals surface area contributed by atoms with Crippen molar-refractivity contribution in [3.8, 4) is 11.7 Å². The van der Waals surface area contributed by atoms with E-state index in [0.717, 1.165) is 38.1 Å². The second kappa shape index (κ2) is 11.6. The first kappa shape index (κ1) is 31.1. The summed E-state index contributed by atoms with van der Waals surface area (Å²) in [6.07, 6.45) is 12.1. The number of aryl methyl sites for hydroxylation is 1. The Hall–Kier alpha value is -3.51. The molecule has 2 spiro atoms. The molecule has 11 nitrogen and oxygen atoms in total. The third-order valence-electron chi connectivity index (χ3n) is 10.8. The summed E-state index contributed by atoms with van der Waals surface area (Å²) in [7, 11) is -4.21. The van der Waals surface area contributed by atoms with Crippen LogP contribution in [-0.4, -0.2) is 59.3 Å². The van der Waals surface area contributed by atoms with E-state index in [4.69, 9.17) is 4.74 Å². The van der Waals surface area contributed by atoms with E-state index >= 15 is 0 Å². The molecule has 7 rings (SSSR count). The maximum atomic E-state index is 13.2. The molecule has 3 aliphatic carbocycles. The number of pyridine rings is 2.